The molecule has 116 valence electrons. The topological polar surface area (TPSA) is 37.3 Å². The van der Waals surface area contributed by atoms with Crippen LogP contribution in [0, 0.1) is 23.7 Å². The maximum Gasteiger partial charge on any atom is 0.306 e. The second-order valence-electron chi connectivity index (χ2n) is 7.32. The highest BCUT2D eigenvalue weighted by Crippen LogP contribution is 2.39. The summed E-state index contributed by atoms with van der Waals surface area (Å²) in [6.07, 6.45) is 15.5. The summed E-state index contributed by atoms with van der Waals surface area (Å²) in [5, 5.41) is 9.05. The Hall–Kier alpha value is -0.530. The Morgan fingerprint density at radius 2 is 1.40 bits per heavy atom. The molecule has 0 aromatic rings. The minimum Gasteiger partial charge on any atom is -0.481 e. The van der Waals surface area contributed by atoms with Crippen molar-refractivity contribution in [3.63, 3.8) is 0 Å². The van der Waals surface area contributed by atoms with Gasteiger partial charge in [-0.25, -0.2) is 0 Å². The Labute approximate surface area is 124 Å². The standard InChI is InChI=1S/C18H32O2/c1-2-3-4-14-5-7-15(8-6-14)13-16-9-11-17(12-10-16)18(19)20/h14-17H,2-13H2,1H3,(H,19,20). The molecule has 0 heterocycles. The molecule has 0 bridgehead atoms. The molecule has 1 N–H and O–H groups in total. The second kappa shape index (κ2) is 8.05. The van der Waals surface area contributed by atoms with Gasteiger partial charge in [-0.3, -0.25) is 4.79 Å². The molecule has 0 saturated heterocycles. The summed E-state index contributed by atoms with van der Waals surface area (Å²) in [6, 6.07) is 0. The molecule has 0 amide bonds. The molecule has 2 nitrogen and oxygen atoms in total. The summed E-state index contributed by atoms with van der Waals surface area (Å²) in [6.45, 7) is 2.29. The van der Waals surface area contributed by atoms with Crippen molar-refractivity contribution in [3.05, 3.63) is 0 Å². The summed E-state index contributed by atoms with van der Waals surface area (Å²) in [5.74, 6) is 2.16. The molecule has 0 radical (unpaired) electrons. The summed E-state index contributed by atoms with van der Waals surface area (Å²) < 4.78 is 0. The van der Waals surface area contributed by atoms with Crippen LogP contribution in [-0.2, 0) is 4.79 Å². The number of hydrogen-bond acceptors (Lipinski definition) is 1. The van der Waals surface area contributed by atoms with Crippen molar-refractivity contribution in [2.75, 3.05) is 0 Å². The lowest BCUT2D eigenvalue weighted by molar-refractivity contribution is -0.143. The molecule has 0 aromatic heterocycles. The first-order valence-electron chi connectivity index (χ1n) is 8.91. The van der Waals surface area contributed by atoms with Crippen molar-refractivity contribution in [3.8, 4) is 0 Å². The average molecular weight is 280 g/mol. The molecule has 0 spiro atoms. The van der Waals surface area contributed by atoms with Gasteiger partial charge in [0.15, 0.2) is 0 Å². The van der Waals surface area contributed by atoms with E-state index in [9.17, 15) is 4.79 Å². The zero-order chi connectivity index (χ0) is 14.4. The van der Waals surface area contributed by atoms with Crippen LogP contribution < -0.4 is 0 Å². The zero-order valence-electron chi connectivity index (χ0n) is 13.2. The maximum atomic E-state index is 11.0. The molecule has 0 aliphatic heterocycles. The summed E-state index contributed by atoms with van der Waals surface area (Å²) in [5.41, 5.74) is 0. The first kappa shape index (κ1) is 15.9. The maximum absolute atomic E-state index is 11.0. The highest BCUT2D eigenvalue weighted by molar-refractivity contribution is 5.69. The van der Waals surface area contributed by atoms with Gasteiger partial charge in [0.2, 0.25) is 0 Å². The molecule has 2 saturated carbocycles. The molecular formula is C18H32O2. The van der Waals surface area contributed by atoms with Gasteiger partial charge in [0, 0.05) is 0 Å². The number of aliphatic carboxylic acids is 1. The van der Waals surface area contributed by atoms with Gasteiger partial charge in [0.1, 0.15) is 0 Å². The van der Waals surface area contributed by atoms with E-state index >= 15 is 0 Å². The fourth-order valence-corrected chi connectivity index (χ4v) is 4.37. The highest BCUT2D eigenvalue weighted by Gasteiger charge is 2.29. The Morgan fingerprint density at radius 3 is 1.90 bits per heavy atom. The molecule has 2 heteroatoms. The Bertz CT molecular complexity index is 284. The number of hydrogen-bond donors (Lipinski definition) is 1. The Kier molecular flexibility index (Phi) is 6.38. The van der Waals surface area contributed by atoms with Crippen molar-refractivity contribution in [1.82, 2.24) is 0 Å². The Morgan fingerprint density at radius 1 is 0.900 bits per heavy atom. The minimum atomic E-state index is -0.570. The number of carboxylic acids is 1. The summed E-state index contributed by atoms with van der Waals surface area (Å²) >= 11 is 0. The van der Waals surface area contributed by atoms with E-state index in [1.165, 1.54) is 51.4 Å². The van der Waals surface area contributed by atoms with Crippen molar-refractivity contribution in [2.45, 2.75) is 84.0 Å². The highest BCUT2D eigenvalue weighted by atomic mass is 16.4. The number of rotatable bonds is 6. The molecule has 0 aromatic carbocycles. The van der Waals surface area contributed by atoms with Gasteiger partial charge in [-0.05, 0) is 49.9 Å². The Balaban J connectivity index is 1.63. The molecule has 2 rings (SSSR count). The van der Waals surface area contributed by atoms with Crippen LogP contribution in [0.25, 0.3) is 0 Å². The number of carboxylic acid groups (broad SMARTS) is 1. The molecular weight excluding hydrogens is 248 g/mol. The minimum absolute atomic E-state index is 0.0453. The van der Waals surface area contributed by atoms with Crippen LogP contribution in [0.1, 0.15) is 84.0 Å². The van der Waals surface area contributed by atoms with Crippen LogP contribution in [-0.4, -0.2) is 11.1 Å². The molecule has 2 aliphatic carbocycles. The molecule has 20 heavy (non-hydrogen) atoms. The van der Waals surface area contributed by atoms with E-state index in [4.69, 9.17) is 5.11 Å². The largest absolute Gasteiger partial charge is 0.481 e. The summed E-state index contributed by atoms with van der Waals surface area (Å²) in [4.78, 5) is 11.0. The lowest BCUT2D eigenvalue weighted by Crippen LogP contribution is -2.24. The van der Waals surface area contributed by atoms with Crippen LogP contribution in [0.15, 0.2) is 0 Å². The first-order chi connectivity index (χ1) is 9.69. The third-order valence-corrected chi connectivity index (χ3v) is 5.79. The quantitative estimate of drug-likeness (QED) is 0.720. The third kappa shape index (κ3) is 4.79. The van der Waals surface area contributed by atoms with Gasteiger partial charge in [-0.1, -0.05) is 51.9 Å². The van der Waals surface area contributed by atoms with E-state index < -0.39 is 5.97 Å². The van der Waals surface area contributed by atoms with Crippen molar-refractivity contribution in [1.29, 1.82) is 0 Å². The lowest BCUT2D eigenvalue weighted by Gasteiger charge is -2.33. The molecule has 2 fully saturated rings. The van der Waals surface area contributed by atoms with Gasteiger partial charge in [-0.15, -0.1) is 0 Å². The van der Waals surface area contributed by atoms with Crippen LogP contribution in [0.2, 0.25) is 0 Å². The van der Waals surface area contributed by atoms with E-state index in [1.807, 2.05) is 0 Å². The van der Waals surface area contributed by atoms with Gasteiger partial charge in [-0.2, -0.15) is 0 Å². The fraction of sp³-hybridized carbons (Fsp3) is 0.944. The van der Waals surface area contributed by atoms with E-state index in [-0.39, 0.29) is 5.92 Å². The lowest BCUT2D eigenvalue weighted by atomic mass is 9.72. The zero-order valence-corrected chi connectivity index (χ0v) is 13.2. The van der Waals surface area contributed by atoms with Crippen LogP contribution in [0.3, 0.4) is 0 Å². The van der Waals surface area contributed by atoms with Gasteiger partial charge in [0.25, 0.3) is 0 Å². The monoisotopic (exact) mass is 280 g/mol. The summed E-state index contributed by atoms with van der Waals surface area (Å²) in [7, 11) is 0. The fourth-order valence-electron chi connectivity index (χ4n) is 4.37. The predicted molar refractivity (Wildman–Crippen MR) is 82.7 cm³/mol. The van der Waals surface area contributed by atoms with E-state index in [0.29, 0.717) is 0 Å². The van der Waals surface area contributed by atoms with Gasteiger partial charge in [0.05, 0.1) is 5.92 Å². The number of carbonyl (C=O) groups is 1. The third-order valence-electron chi connectivity index (χ3n) is 5.79. The van der Waals surface area contributed by atoms with Crippen molar-refractivity contribution in [2.24, 2.45) is 23.7 Å². The normalized spacial score (nSPS) is 34.9. The molecule has 2 aliphatic rings. The second-order valence-corrected chi connectivity index (χ2v) is 7.32. The smallest absolute Gasteiger partial charge is 0.306 e. The number of unbranched alkanes of at least 4 members (excludes halogenated alkanes) is 1. The average Bonchev–Trinajstić information content (AvgIpc) is 2.47. The van der Waals surface area contributed by atoms with Crippen LogP contribution >= 0.6 is 0 Å². The van der Waals surface area contributed by atoms with E-state index in [0.717, 1.165) is 43.4 Å². The van der Waals surface area contributed by atoms with Crippen LogP contribution in [0.4, 0.5) is 0 Å². The van der Waals surface area contributed by atoms with Crippen molar-refractivity contribution < 1.29 is 9.90 Å². The predicted octanol–water partition coefficient (Wildman–Crippen LogP) is 5.26. The molecule has 0 atom stereocenters. The SMILES string of the molecule is CCCCC1CCC(CC2CCC(C(=O)O)CC2)CC1. The van der Waals surface area contributed by atoms with E-state index in [2.05, 4.69) is 6.92 Å². The van der Waals surface area contributed by atoms with Gasteiger partial charge < -0.3 is 5.11 Å². The molecule has 0 unspecified atom stereocenters. The van der Waals surface area contributed by atoms with Crippen LogP contribution in [0.5, 0.6) is 0 Å². The first-order valence-corrected chi connectivity index (χ1v) is 8.91. The van der Waals surface area contributed by atoms with Crippen molar-refractivity contribution >= 4 is 5.97 Å². The van der Waals surface area contributed by atoms with Gasteiger partial charge >= 0.3 is 5.97 Å². The van der Waals surface area contributed by atoms with E-state index in [1.54, 1.807) is 0 Å².